The highest BCUT2D eigenvalue weighted by Gasteiger charge is 2.40. The highest BCUT2D eigenvalue weighted by Crippen LogP contribution is 2.36. The summed E-state index contributed by atoms with van der Waals surface area (Å²) in [5, 5.41) is 12.3. The van der Waals surface area contributed by atoms with Crippen LogP contribution in [-0.4, -0.2) is 23.5 Å². The Morgan fingerprint density at radius 1 is 1.22 bits per heavy atom. The number of rotatable bonds is 5. The molecule has 2 N–H and O–H groups in total. The molecule has 0 aromatic heterocycles. The molecule has 0 heterocycles. The van der Waals surface area contributed by atoms with Gasteiger partial charge in [0.25, 0.3) is 0 Å². The fourth-order valence-electron chi connectivity index (χ4n) is 2.34. The van der Waals surface area contributed by atoms with Crippen molar-refractivity contribution in [3.8, 4) is 0 Å². The van der Waals surface area contributed by atoms with E-state index in [-0.39, 0.29) is 12.5 Å². The Morgan fingerprint density at radius 3 is 2.22 bits per heavy atom. The third-order valence-electron chi connectivity index (χ3n) is 4.35. The Balaban J connectivity index is 2.64. The molecule has 0 bridgehead atoms. The van der Waals surface area contributed by atoms with Gasteiger partial charge in [-0.1, -0.05) is 40.0 Å². The first-order valence-corrected chi connectivity index (χ1v) is 6.86. The Bertz CT molecular complexity index is 317. The van der Waals surface area contributed by atoms with Gasteiger partial charge in [0.15, 0.2) is 0 Å². The fourth-order valence-corrected chi connectivity index (χ4v) is 2.34. The van der Waals surface area contributed by atoms with E-state index in [2.05, 4.69) is 5.32 Å². The standard InChI is InChI=1S/C14H25NO3/c1-4-13(2,3)11(16)15-10-14(12(17)18)8-6-5-7-9-14/h4-10H2,1-3H3,(H,15,16)(H,17,18). The highest BCUT2D eigenvalue weighted by atomic mass is 16.4. The summed E-state index contributed by atoms with van der Waals surface area (Å²) in [5.41, 5.74) is -1.16. The molecular weight excluding hydrogens is 230 g/mol. The molecule has 18 heavy (non-hydrogen) atoms. The smallest absolute Gasteiger partial charge is 0.311 e. The third-order valence-corrected chi connectivity index (χ3v) is 4.35. The molecule has 104 valence electrons. The van der Waals surface area contributed by atoms with E-state index in [1.165, 1.54) is 0 Å². The Kier molecular flexibility index (Phi) is 4.77. The van der Waals surface area contributed by atoms with Crippen LogP contribution in [0.3, 0.4) is 0 Å². The van der Waals surface area contributed by atoms with Crippen molar-refractivity contribution in [2.24, 2.45) is 10.8 Å². The van der Waals surface area contributed by atoms with Crippen LogP contribution in [0.1, 0.15) is 59.3 Å². The molecule has 1 rings (SSSR count). The number of hydrogen-bond donors (Lipinski definition) is 2. The maximum atomic E-state index is 12.0. The molecule has 0 aliphatic heterocycles. The van der Waals surface area contributed by atoms with E-state index in [4.69, 9.17) is 0 Å². The molecule has 4 heteroatoms. The SMILES string of the molecule is CCC(C)(C)C(=O)NCC1(C(=O)O)CCCCC1. The van der Waals surface area contributed by atoms with Gasteiger partial charge in [-0.15, -0.1) is 0 Å². The zero-order chi connectivity index (χ0) is 13.8. The topological polar surface area (TPSA) is 66.4 Å². The summed E-state index contributed by atoms with van der Waals surface area (Å²) in [7, 11) is 0. The quantitative estimate of drug-likeness (QED) is 0.793. The zero-order valence-corrected chi connectivity index (χ0v) is 11.7. The van der Waals surface area contributed by atoms with Crippen LogP contribution in [-0.2, 0) is 9.59 Å². The van der Waals surface area contributed by atoms with Gasteiger partial charge in [0.05, 0.1) is 5.41 Å². The average molecular weight is 255 g/mol. The minimum Gasteiger partial charge on any atom is -0.481 e. The van der Waals surface area contributed by atoms with Crippen molar-refractivity contribution in [2.45, 2.75) is 59.3 Å². The van der Waals surface area contributed by atoms with E-state index in [0.717, 1.165) is 25.7 Å². The lowest BCUT2D eigenvalue weighted by atomic mass is 9.74. The van der Waals surface area contributed by atoms with Crippen LogP contribution < -0.4 is 5.32 Å². The number of amides is 1. The Labute approximate surface area is 109 Å². The molecule has 0 aromatic rings. The van der Waals surface area contributed by atoms with E-state index in [1.54, 1.807) is 0 Å². The van der Waals surface area contributed by atoms with Gasteiger partial charge in [-0.2, -0.15) is 0 Å². The largest absolute Gasteiger partial charge is 0.481 e. The summed E-state index contributed by atoms with van der Waals surface area (Å²) in [6.45, 7) is 6.00. The predicted molar refractivity (Wildman–Crippen MR) is 70.2 cm³/mol. The van der Waals surface area contributed by atoms with Crippen molar-refractivity contribution in [3.05, 3.63) is 0 Å². The molecule has 0 unspecified atom stereocenters. The van der Waals surface area contributed by atoms with Crippen LogP contribution in [0.2, 0.25) is 0 Å². The second-order valence-electron chi connectivity index (χ2n) is 6.07. The third kappa shape index (κ3) is 3.24. The zero-order valence-electron chi connectivity index (χ0n) is 11.7. The summed E-state index contributed by atoms with van der Waals surface area (Å²) in [6, 6.07) is 0. The van der Waals surface area contributed by atoms with E-state index < -0.39 is 16.8 Å². The van der Waals surface area contributed by atoms with Crippen molar-refractivity contribution in [1.29, 1.82) is 0 Å². The Morgan fingerprint density at radius 2 is 1.78 bits per heavy atom. The maximum Gasteiger partial charge on any atom is 0.311 e. The molecular formula is C14H25NO3. The minimum absolute atomic E-state index is 0.0452. The van der Waals surface area contributed by atoms with Crippen LogP contribution in [0.25, 0.3) is 0 Å². The first kappa shape index (κ1) is 15.0. The summed E-state index contributed by atoms with van der Waals surface area (Å²) >= 11 is 0. The second-order valence-corrected chi connectivity index (χ2v) is 6.07. The van der Waals surface area contributed by atoms with Crippen LogP contribution in [0.15, 0.2) is 0 Å². The molecule has 1 saturated carbocycles. The molecule has 1 fully saturated rings. The van der Waals surface area contributed by atoms with Gasteiger partial charge in [-0.3, -0.25) is 9.59 Å². The van der Waals surface area contributed by atoms with Gasteiger partial charge >= 0.3 is 5.97 Å². The molecule has 1 aliphatic rings. The van der Waals surface area contributed by atoms with Crippen LogP contribution >= 0.6 is 0 Å². The normalized spacial score (nSPS) is 19.3. The van der Waals surface area contributed by atoms with Crippen LogP contribution in [0.4, 0.5) is 0 Å². The van der Waals surface area contributed by atoms with Gasteiger partial charge in [0.2, 0.25) is 5.91 Å². The van der Waals surface area contributed by atoms with Crippen molar-refractivity contribution < 1.29 is 14.7 Å². The van der Waals surface area contributed by atoms with Crippen molar-refractivity contribution >= 4 is 11.9 Å². The lowest BCUT2D eigenvalue weighted by Crippen LogP contribution is -2.47. The monoisotopic (exact) mass is 255 g/mol. The van der Waals surface area contributed by atoms with Crippen LogP contribution in [0.5, 0.6) is 0 Å². The van der Waals surface area contributed by atoms with E-state index >= 15 is 0 Å². The van der Waals surface area contributed by atoms with Crippen molar-refractivity contribution in [2.75, 3.05) is 6.54 Å². The number of carbonyl (C=O) groups is 2. The van der Waals surface area contributed by atoms with Crippen molar-refractivity contribution in [3.63, 3.8) is 0 Å². The number of nitrogens with one attached hydrogen (secondary N) is 1. The summed E-state index contributed by atoms with van der Waals surface area (Å²) in [6.07, 6.45) is 5.09. The van der Waals surface area contributed by atoms with Crippen LogP contribution in [0, 0.1) is 10.8 Å². The number of hydrogen-bond acceptors (Lipinski definition) is 2. The number of carboxylic acid groups (broad SMARTS) is 1. The molecule has 1 aliphatic carbocycles. The predicted octanol–water partition coefficient (Wildman–Crippen LogP) is 2.57. The van der Waals surface area contributed by atoms with Gasteiger partial charge in [0.1, 0.15) is 0 Å². The first-order chi connectivity index (χ1) is 8.34. The fraction of sp³-hybridized carbons (Fsp3) is 0.857. The number of carboxylic acids is 1. The van der Waals surface area contributed by atoms with E-state index in [0.29, 0.717) is 12.8 Å². The molecule has 0 spiro atoms. The van der Waals surface area contributed by atoms with E-state index in [1.807, 2.05) is 20.8 Å². The van der Waals surface area contributed by atoms with Crippen molar-refractivity contribution in [1.82, 2.24) is 5.32 Å². The first-order valence-electron chi connectivity index (χ1n) is 6.86. The lowest BCUT2D eigenvalue weighted by Gasteiger charge is -2.34. The van der Waals surface area contributed by atoms with Gasteiger partial charge in [-0.25, -0.2) is 0 Å². The highest BCUT2D eigenvalue weighted by molar-refractivity contribution is 5.83. The lowest BCUT2D eigenvalue weighted by molar-refractivity contribution is -0.151. The minimum atomic E-state index is -0.767. The molecule has 0 atom stereocenters. The number of carbonyl (C=O) groups excluding carboxylic acids is 1. The maximum absolute atomic E-state index is 12.0. The van der Waals surface area contributed by atoms with E-state index in [9.17, 15) is 14.7 Å². The average Bonchev–Trinajstić information content (AvgIpc) is 2.36. The summed E-state index contributed by atoms with van der Waals surface area (Å²) in [5.74, 6) is -0.812. The Hall–Kier alpha value is -1.06. The number of aliphatic carboxylic acids is 1. The second kappa shape index (κ2) is 5.72. The molecule has 0 saturated heterocycles. The molecule has 0 aromatic carbocycles. The van der Waals surface area contributed by atoms with Gasteiger partial charge in [-0.05, 0) is 19.3 Å². The van der Waals surface area contributed by atoms with Gasteiger partial charge in [0, 0.05) is 12.0 Å². The molecule has 4 nitrogen and oxygen atoms in total. The summed E-state index contributed by atoms with van der Waals surface area (Å²) < 4.78 is 0. The molecule has 0 radical (unpaired) electrons. The molecule has 1 amide bonds. The summed E-state index contributed by atoms with van der Waals surface area (Å²) in [4.78, 5) is 23.5. The van der Waals surface area contributed by atoms with Gasteiger partial charge < -0.3 is 10.4 Å².